The molecule has 3 aliphatic rings. The molecule has 1 aliphatic heterocycles. The molecule has 0 aromatic carbocycles. The summed E-state index contributed by atoms with van der Waals surface area (Å²) in [7, 11) is 1.16. The number of nitrogens with two attached hydrogens (primary N) is 1. The maximum Gasteiger partial charge on any atom is 0.454 e. The van der Waals surface area contributed by atoms with Crippen molar-refractivity contribution in [3.63, 3.8) is 0 Å². The standard InChI is InChI=1S/C20H24F6N4O3/c1-8-13-11(17(31)28-18(32)30(13)10-3-4-10)15(33-2)12(21)14(8)29-6-5-9(7-29)16(27)19(22,23)20(24,25)26/h8-10,14,16H,3-7,27H2,1-2H3,(H,28,31,32). The minimum atomic E-state index is -5.80. The first kappa shape index (κ1) is 23.9. The van der Waals surface area contributed by atoms with E-state index in [2.05, 4.69) is 4.98 Å². The van der Waals surface area contributed by atoms with Gasteiger partial charge in [-0.25, -0.2) is 9.18 Å². The van der Waals surface area contributed by atoms with Gasteiger partial charge >= 0.3 is 17.8 Å². The lowest BCUT2D eigenvalue weighted by atomic mass is 9.85. The zero-order chi connectivity index (χ0) is 24.5. The summed E-state index contributed by atoms with van der Waals surface area (Å²) < 4.78 is 88.1. The number of aromatic nitrogens is 2. The zero-order valence-corrected chi connectivity index (χ0v) is 17.9. The van der Waals surface area contributed by atoms with E-state index in [-0.39, 0.29) is 42.6 Å². The molecule has 3 N–H and O–H groups in total. The molecule has 1 aromatic rings. The van der Waals surface area contributed by atoms with Crippen LogP contribution in [0.4, 0.5) is 26.3 Å². The predicted octanol–water partition coefficient (Wildman–Crippen LogP) is 2.49. The molecule has 0 bridgehead atoms. The number of H-pyrrole nitrogens is 1. The zero-order valence-electron chi connectivity index (χ0n) is 17.9. The molecule has 4 unspecified atom stereocenters. The number of hydrogen-bond donors (Lipinski definition) is 2. The third kappa shape index (κ3) is 3.69. The highest BCUT2D eigenvalue weighted by molar-refractivity contribution is 5.67. The topological polar surface area (TPSA) is 93.3 Å². The van der Waals surface area contributed by atoms with Crippen molar-refractivity contribution < 1.29 is 31.1 Å². The Morgan fingerprint density at radius 2 is 1.79 bits per heavy atom. The lowest BCUT2D eigenvalue weighted by Crippen LogP contribution is -2.56. The van der Waals surface area contributed by atoms with Crippen molar-refractivity contribution in [2.45, 2.75) is 62.3 Å². The quantitative estimate of drug-likeness (QED) is 0.630. The maximum atomic E-state index is 15.6. The van der Waals surface area contributed by atoms with Crippen LogP contribution in [0.15, 0.2) is 15.4 Å². The molecule has 4 rings (SSSR count). The molecule has 4 atom stereocenters. The number of methoxy groups -OCH3 is 1. The number of hydrogen-bond acceptors (Lipinski definition) is 5. The predicted molar refractivity (Wildman–Crippen MR) is 105 cm³/mol. The third-order valence-electron chi connectivity index (χ3n) is 6.86. The normalized spacial score (nSPS) is 27.6. The van der Waals surface area contributed by atoms with Crippen LogP contribution in [0, 0.1) is 5.92 Å². The van der Waals surface area contributed by atoms with Gasteiger partial charge in [0.1, 0.15) is 5.56 Å². The van der Waals surface area contributed by atoms with Gasteiger partial charge < -0.3 is 10.5 Å². The van der Waals surface area contributed by atoms with Gasteiger partial charge in [0.25, 0.3) is 5.56 Å². The van der Waals surface area contributed by atoms with Gasteiger partial charge in [-0.2, -0.15) is 22.0 Å². The number of fused-ring (bicyclic) bond motifs is 1. The molecule has 1 saturated carbocycles. The van der Waals surface area contributed by atoms with Crippen LogP contribution in [0.1, 0.15) is 49.4 Å². The average molecular weight is 482 g/mol. The Balaban J connectivity index is 1.72. The maximum absolute atomic E-state index is 15.6. The van der Waals surface area contributed by atoms with Crippen molar-refractivity contribution in [2.24, 2.45) is 11.7 Å². The number of rotatable bonds is 5. The van der Waals surface area contributed by atoms with Crippen molar-refractivity contribution in [1.29, 1.82) is 0 Å². The number of likely N-dealkylation sites (tertiary alicyclic amines) is 1. The Labute approximate surface area is 184 Å². The van der Waals surface area contributed by atoms with E-state index in [4.69, 9.17) is 10.5 Å². The Kier molecular flexibility index (Phi) is 5.71. The highest BCUT2D eigenvalue weighted by Gasteiger charge is 2.63. The van der Waals surface area contributed by atoms with Crippen LogP contribution in [-0.2, 0) is 4.74 Å². The van der Waals surface area contributed by atoms with Gasteiger partial charge in [0, 0.05) is 24.2 Å². The lowest BCUT2D eigenvalue weighted by molar-refractivity contribution is -0.293. The Bertz CT molecular complexity index is 1090. The van der Waals surface area contributed by atoms with Crippen LogP contribution in [0.2, 0.25) is 0 Å². The van der Waals surface area contributed by atoms with Crippen molar-refractivity contribution in [2.75, 3.05) is 20.2 Å². The lowest BCUT2D eigenvalue weighted by Gasteiger charge is -2.38. The summed E-state index contributed by atoms with van der Waals surface area (Å²) >= 11 is 0. The second-order valence-corrected chi connectivity index (χ2v) is 8.93. The van der Waals surface area contributed by atoms with E-state index in [0.29, 0.717) is 12.8 Å². The Hall–Kier alpha value is -2.28. The summed E-state index contributed by atoms with van der Waals surface area (Å²) in [4.78, 5) is 28.7. The molecular formula is C20H24F6N4O3. The molecule has 2 aliphatic carbocycles. The second kappa shape index (κ2) is 7.90. The molecule has 0 spiro atoms. The summed E-state index contributed by atoms with van der Waals surface area (Å²) in [6.45, 7) is 1.29. The van der Waals surface area contributed by atoms with E-state index in [1.807, 2.05) is 0 Å². The van der Waals surface area contributed by atoms with Gasteiger partial charge in [0.2, 0.25) is 0 Å². The largest absolute Gasteiger partial charge is 0.493 e. The van der Waals surface area contributed by atoms with E-state index in [0.717, 1.165) is 7.11 Å². The molecule has 1 aromatic heterocycles. The minimum Gasteiger partial charge on any atom is -0.493 e. The molecule has 0 amide bonds. The molecular weight excluding hydrogens is 458 g/mol. The smallest absolute Gasteiger partial charge is 0.454 e. The van der Waals surface area contributed by atoms with E-state index in [1.165, 1.54) is 9.47 Å². The third-order valence-corrected chi connectivity index (χ3v) is 6.86. The van der Waals surface area contributed by atoms with Gasteiger partial charge in [-0.3, -0.25) is 19.2 Å². The minimum absolute atomic E-state index is 0.0118. The molecule has 2 fully saturated rings. The Morgan fingerprint density at radius 1 is 1.15 bits per heavy atom. The summed E-state index contributed by atoms with van der Waals surface area (Å²) in [5, 5.41) is 0. The van der Waals surface area contributed by atoms with Crippen molar-refractivity contribution in [1.82, 2.24) is 14.5 Å². The number of nitrogens with zero attached hydrogens (tertiary/aromatic N) is 2. The number of nitrogens with one attached hydrogen (secondary N) is 1. The van der Waals surface area contributed by atoms with Crippen molar-refractivity contribution >= 4 is 5.76 Å². The van der Waals surface area contributed by atoms with E-state index < -0.39 is 53.1 Å². The number of ether oxygens (including phenoxy) is 1. The highest BCUT2D eigenvalue weighted by Crippen LogP contribution is 2.46. The highest BCUT2D eigenvalue weighted by atomic mass is 19.4. The number of aromatic amines is 1. The van der Waals surface area contributed by atoms with Gasteiger partial charge in [0.05, 0.1) is 19.2 Å². The molecule has 1 saturated heterocycles. The van der Waals surface area contributed by atoms with Crippen molar-refractivity contribution in [3.8, 4) is 0 Å². The Morgan fingerprint density at radius 3 is 2.33 bits per heavy atom. The first-order valence-corrected chi connectivity index (χ1v) is 10.6. The molecule has 33 heavy (non-hydrogen) atoms. The van der Waals surface area contributed by atoms with Gasteiger partial charge in [0.15, 0.2) is 11.6 Å². The fourth-order valence-corrected chi connectivity index (χ4v) is 5.07. The summed E-state index contributed by atoms with van der Waals surface area (Å²) in [5.41, 5.74) is 4.03. The van der Waals surface area contributed by atoms with E-state index in [1.54, 1.807) is 6.92 Å². The number of halogens is 6. The summed E-state index contributed by atoms with van der Waals surface area (Å²) in [6, 6.07) is -3.78. The fraction of sp³-hybridized carbons (Fsp3) is 0.700. The fourth-order valence-electron chi connectivity index (χ4n) is 5.07. The van der Waals surface area contributed by atoms with Crippen LogP contribution in [0.25, 0.3) is 5.76 Å². The number of alkyl halides is 5. The van der Waals surface area contributed by atoms with Crippen molar-refractivity contribution in [3.05, 3.63) is 37.9 Å². The van der Waals surface area contributed by atoms with Crippen LogP contribution >= 0.6 is 0 Å². The van der Waals surface area contributed by atoms with Crippen LogP contribution < -0.4 is 17.0 Å². The summed E-state index contributed by atoms with van der Waals surface area (Å²) in [5.74, 6) is -8.33. The molecule has 0 radical (unpaired) electrons. The second-order valence-electron chi connectivity index (χ2n) is 8.93. The first-order chi connectivity index (χ1) is 15.3. The first-order valence-electron chi connectivity index (χ1n) is 10.6. The van der Waals surface area contributed by atoms with Crippen LogP contribution in [-0.4, -0.2) is 58.8 Å². The molecule has 184 valence electrons. The summed E-state index contributed by atoms with van der Waals surface area (Å²) in [6.07, 6.45) is -4.51. The van der Waals surface area contributed by atoms with Gasteiger partial charge in [-0.15, -0.1) is 0 Å². The average Bonchev–Trinajstić information content (AvgIpc) is 3.44. The monoisotopic (exact) mass is 482 g/mol. The molecule has 13 heteroatoms. The van der Waals surface area contributed by atoms with Gasteiger partial charge in [-0.05, 0) is 31.7 Å². The SMILES string of the molecule is COC1=C(F)C(N2CCC(C(N)C(F)(F)C(F)(F)F)C2)C(C)c2c1c(=O)[nH]c(=O)n2C1CC1. The van der Waals surface area contributed by atoms with Gasteiger partial charge in [-0.1, -0.05) is 6.92 Å². The molecule has 2 heterocycles. The van der Waals surface area contributed by atoms with E-state index >= 15 is 4.39 Å². The van der Waals surface area contributed by atoms with Crippen LogP contribution in [0.5, 0.6) is 0 Å². The van der Waals surface area contributed by atoms with Crippen LogP contribution in [0.3, 0.4) is 0 Å². The van der Waals surface area contributed by atoms with E-state index in [9.17, 15) is 31.5 Å². The molecule has 7 nitrogen and oxygen atoms in total.